The van der Waals surface area contributed by atoms with Crippen LogP contribution in [-0.2, 0) is 7.05 Å². The van der Waals surface area contributed by atoms with Crippen molar-refractivity contribution in [3.05, 3.63) is 23.2 Å². The van der Waals surface area contributed by atoms with Crippen molar-refractivity contribution in [3.63, 3.8) is 0 Å². The molecule has 0 N–H and O–H groups in total. The average molecular weight is 230 g/mol. The Morgan fingerprint density at radius 1 is 1.36 bits per heavy atom. The third-order valence-corrected chi connectivity index (χ3v) is 1.48. The minimum atomic E-state index is -6.00. The number of hydrogen-bond donors (Lipinski definition) is 0. The largest absolute Gasteiger partial charge is 0.673 e. The summed E-state index contributed by atoms with van der Waals surface area (Å²) in [5.74, 6) is 0. The first-order valence-corrected chi connectivity index (χ1v) is 3.93. The summed E-state index contributed by atoms with van der Waals surface area (Å²) in [4.78, 5) is 4.02. The van der Waals surface area contributed by atoms with E-state index in [0.717, 1.165) is 5.69 Å². The molecule has 0 radical (unpaired) electrons. The maximum Gasteiger partial charge on any atom is 0.673 e. The monoisotopic (exact) mass is 230 g/mol. The molecule has 0 aliphatic heterocycles. The minimum Gasteiger partial charge on any atom is -0.418 e. The molecule has 0 bridgehead atoms. The Morgan fingerprint density at radius 3 is 2.07 bits per heavy atom. The van der Waals surface area contributed by atoms with E-state index in [-0.39, 0.29) is 0 Å². The number of halogens is 5. The highest BCUT2D eigenvalue weighted by atomic mass is 35.5. The molecular formula is C6H8BClF4N2. The van der Waals surface area contributed by atoms with Crippen LogP contribution < -0.4 is 4.57 Å². The smallest absolute Gasteiger partial charge is 0.418 e. The second kappa shape index (κ2) is 5.14. The van der Waals surface area contributed by atoms with Crippen LogP contribution in [0.15, 0.2) is 12.4 Å². The van der Waals surface area contributed by atoms with Crippen LogP contribution in [0.1, 0.15) is 5.69 Å². The topological polar surface area (TPSA) is 16.8 Å². The molecule has 1 aromatic heterocycles. The molecule has 0 aromatic carbocycles. The van der Waals surface area contributed by atoms with Gasteiger partial charge >= 0.3 is 7.25 Å². The fourth-order valence-electron chi connectivity index (χ4n) is 0.544. The molecule has 0 spiro atoms. The average Bonchev–Trinajstić information content (AvgIpc) is 1.94. The van der Waals surface area contributed by atoms with Crippen LogP contribution in [0.25, 0.3) is 0 Å². The van der Waals surface area contributed by atoms with Gasteiger partial charge in [0.05, 0.1) is 7.05 Å². The lowest BCUT2D eigenvalue weighted by Gasteiger charge is -1.94. The summed E-state index contributed by atoms with van der Waals surface area (Å²) in [6.07, 6.45) is 1.69. The van der Waals surface area contributed by atoms with Gasteiger partial charge in [0.2, 0.25) is 0 Å². The molecule has 0 unspecified atom stereocenters. The second-order valence-corrected chi connectivity index (χ2v) is 2.85. The third kappa shape index (κ3) is 7.79. The van der Waals surface area contributed by atoms with E-state index >= 15 is 0 Å². The van der Waals surface area contributed by atoms with Crippen molar-refractivity contribution in [2.45, 2.75) is 6.92 Å². The molecule has 0 saturated carbocycles. The molecule has 8 heteroatoms. The van der Waals surface area contributed by atoms with Gasteiger partial charge < -0.3 is 17.3 Å². The first-order valence-electron chi connectivity index (χ1n) is 3.55. The zero-order valence-electron chi connectivity index (χ0n) is 7.52. The Bertz CT molecular complexity index is 298. The van der Waals surface area contributed by atoms with Gasteiger partial charge in [-0.3, -0.25) is 0 Å². The maximum atomic E-state index is 9.75. The van der Waals surface area contributed by atoms with E-state index < -0.39 is 7.25 Å². The summed E-state index contributed by atoms with van der Waals surface area (Å²) < 4.78 is 40.8. The van der Waals surface area contributed by atoms with E-state index in [2.05, 4.69) is 4.98 Å². The van der Waals surface area contributed by atoms with Crippen LogP contribution in [-0.4, -0.2) is 12.2 Å². The van der Waals surface area contributed by atoms with Crippen molar-refractivity contribution in [1.29, 1.82) is 0 Å². The molecule has 0 saturated heterocycles. The number of rotatable bonds is 0. The lowest BCUT2D eigenvalue weighted by molar-refractivity contribution is -0.672. The number of hydrogen-bond acceptors (Lipinski definition) is 1. The summed E-state index contributed by atoms with van der Waals surface area (Å²) in [5, 5.41) is 0.711. The first kappa shape index (κ1) is 13.2. The Morgan fingerprint density at radius 2 is 1.79 bits per heavy atom. The van der Waals surface area contributed by atoms with Crippen molar-refractivity contribution < 1.29 is 21.8 Å². The van der Waals surface area contributed by atoms with Crippen LogP contribution in [0.5, 0.6) is 0 Å². The predicted molar refractivity (Wildman–Crippen MR) is 45.3 cm³/mol. The Balaban J connectivity index is 0.000000292. The zero-order chi connectivity index (χ0) is 11.4. The number of aromatic nitrogens is 2. The lowest BCUT2D eigenvalue weighted by Crippen LogP contribution is -2.29. The maximum absolute atomic E-state index is 9.75. The molecule has 14 heavy (non-hydrogen) atoms. The van der Waals surface area contributed by atoms with Crippen molar-refractivity contribution in [1.82, 2.24) is 4.98 Å². The SMILES string of the molecule is Cc1cc(Cl)[n+](C)cn1.F[B-](F)(F)F. The van der Waals surface area contributed by atoms with Crippen LogP contribution in [0.3, 0.4) is 0 Å². The third-order valence-electron chi connectivity index (χ3n) is 1.10. The summed E-state index contributed by atoms with van der Waals surface area (Å²) in [6, 6.07) is 1.82. The fourth-order valence-corrected chi connectivity index (χ4v) is 0.746. The van der Waals surface area contributed by atoms with E-state index in [1.807, 2.05) is 20.0 Å². The molecule has 1 heterocycles. The van der Waals surface area contributed by atoms with Crippen LogP contribution in [0.4, 0.5) is 17.3 Å². The van der Waals surface area contributed by atoms with E-state index in [0.29, 0.717) is 5.15 Å². The lowest BCUT2D eigenvalue weighted by atomic mass is 10.3. The van der Waals surface area contributed by atoms with Gasteiger partial charge in [0.25, 0.3) is 6.33 Å². The number of aryl methyl sites for hydroxylation is 2. The molecule has 1 rings (SSSR count). The summed E-state index contributed by atoms with van der Waals surface area (Å²) in [6.45, 7) is 1.91. The predicted octanol–water partition coefficient (Wildman–Crippen LogP) is 2.17. The molecule has 80 valence electrons. The molecule has 0 atom stereocenters. The summed E-state index contributed by atoms with van der Waals surface area (Å²) in [5.41, 5.74) is 0.943. The van der Waals surface area contributed by atoms with Gasteiger partial charge in [-0.15, -0.1) is 0 Å². The highest BCUT2D eigenvalue weighted by Crippen LogP contribution is 2.06. The van der Waals surface area contributed by atoms with Gasteiger partial charge in [-0.25, -0.2) is 4.57 Å². The van der Waals surface area contributed by atoms with Crippen molar-refractivity contribution in [2.75, 3.05) is 0 Å². The van der Waals surface area contributed by atoms with Gasteiger partial charge in [0, 0.05) is 13.0 Å². The Hall–Kier alpha value is -0.845. The highest BCUT2D eigenvalue weighted by Gasteiger charge is 2.20. The first-order chi connectivity index (χ1) is 6.20. The molecule has 0 amide bonds. The Kier molecular flexibility index (Phi) is 4.83. The molecule has 1 aromatic rings. The summed E-state index contributed by atoms with van der Waals surface area (Å²) in [7, 11) is -4.14. The normalized spacial score (nSPS) is 10.5. The van der Waals surface area contributed by atoms with Crippen molar-refractivity contribution >= 4 is 18.9 Å². The zero-order valence-corrected chi connectivity index (χ0v) is 8.27. The van der Waals surface area contributed by atoms with Gasteiger partial charge in [-0.05, 0) is 11.6 Å². The van der Waals surface area contributed by atoms with Gasteiger partial charge in [-0.1, -0.05) is 4.98 Å². The van der Waals surface area contributed by atoms with E-state index in [9.17, 15) is 17.3 Å². The van der Waals surface area contributed by atoms with E-state index in [1.54, 1.807) is 10.9 Å². The van der Waals surface area contributed by atoms with Crippen LogP contribution >= 0.6 is 11.6 Å². The fraction of sp³-hybridized carbons (Fsp3) is 0.333. The van der Waals surface area contributed by atoms with E-state index in [4.69, 9.17) is 11.6 Å². The van der Waals surface area contributed by atoms with Crippen molar-refractivity contribution in [2.24, 2.45) is 7.05 Å². The molecule has 0 aliphatic carbocycles. The molecule has 0 fully saturated rings. The quantitative estimate of drug-likeness (QED) is 0.289. The number of nitrogens with zero attached hydrogens (tertiary/aromatic N) is 2. The van der Waals surface area contributed by atoms with Crippen LogP contribution in [0.2, 0.25) is 5.15 Å². The van der Waals surface area contributed by atoms with E-state index in [1.165, 1.54) is 0 Å². The molecule has 2 nitrogen and oxygen atoms in total. The summed E-state index contributed by atoms with van der Waals surface area (Å²) >= 11 is 5.74. The standard InChI is InChI=1S/C6H8ClN2.BF4/c1-5-3-6(7)9(2)4-8-5;2-1(3,4)5/h3-4H,1-2H3;/q+1;-1. The minimum absolute atomic E-state index is 0.711. The van der Waals surface area contributed by atoms with Crippen molar-refractivity contribution in [3.8, 4) is 0 Å². The second-order valence-electron chi connectivity index (χ2n) is 2.46. The highest BCUT2D eigenvalue weighted by molar-refractivity contribution is 6.50. The van der Waals surface area contributed by atoms with Gasteiger partial charge in [0.15, 0.2) is 10.8 Å². The molecule has 0 aliphatic rings. The molecular weight excluding hydrogens is 222 g/mol. The Labute approximate surface area is 83.6 Å². The van der Waals surface area contributed by atoms with Gasteiger partial charge in [-0.2, -0.15) is 0 Å². The van der Waals surface area contributed by atoms with Crippen LogP contribution in [0, 0.1) is 6.92 Å². The van der Waals surface area contributed by atoms with Gasteiger partial charge in [0.1, 0.15) is 0 Å².